The second kappa shape index (κ2) is 4.99. The van der Waals surface area contributed by atoms with Gasteiger partial charge in [0.15, 0.2) is 5.75 Å². The minimum absolute atomic E-state index is 0.155. The first kappa shape index (κ1) is 14.1. The van der Waals surface area contributed by atoms with Gasteiger partial charge in [-0.15, -0.1) is 13.2 Å². The molecule has 0 atom stereocenters. The fourth-order valence-electron chi connectivity index (χ4n) is 1.79. The Balaban J connectivity index is 2.44. The maximum absolute atomic E-state index is 12.2. The van der Waals surface area contributed by atoms with E-state index in [0.29, 0.717) is 17.0 Å². The zero-order valence-electron chi connectivity index (χ0n) is 10.7. The molecular weight excluding hydrogens is 275 g/mol. The molecule has 2 aromatic rings. The van der Waals surface area contributed by atoms with Gasteiger partial charge < -0.3 is 19.2 Å². The molecule has 0 saturated heterocycles. The molecule has 0 spiro atoms. The van der Waals surface area contributed by atoms with Gasteiger partial charge in [0.1, 0.15) is 12.0 Å². The largest absolute Gasteiger partial charge is 0.573 e. The Morgan fingerprint density at radius 1 is 1.25 bits per heavy atom. The van der Waals surface area contributed by atoms with Gasteiger partial charge in [-0.2, -0.15) is 0 Å². The van der Waals surface area contributed by atoms with Crippen LogP contribution in [-0.4, -0.2) is 25.6 Å². The zero-order valence-corrected chi connectivity index (χ0v) is 10.7. The standard InChI is InChI=1S/C13H12F3NO3/c1-17(2)12-11(10(18)7-19-12)8-4-3-5-9(6-8)20-13(14,15)16/h3-7,18H,1-2H3. The van der Waals surface area contributed by atoms with Crippen molar-refractivity contribution in [1.29, 1.82) is 0 Å². The highest BCUT2D eigenvalue weighted by molar-refractivity contribution is 5.81. The Hall–Kier alpha value is -2.31. The minimum Gasteiger partial charge on any atom is -0.504 e. The molecule has 0 radical (unpaired) electrons. The number of furan rings is 1. The van der Waals surface area contributed by atoms with Crippen LogP contribution < -0.4 is 9.64 Å². The third kappa shape index (κ3) is 2.98. The van der Waals surface area contributed by atoms with Gasteiger partial charge in [-0.05, 0) is 17.7 Å². The molecule has 20 heavy (non-hydrogen) atoms. The molecule has 0 bridgehead atoms. The molecule has 7 heteroatoms. The Bertz CT molecular complexity index is 605. The van der Waals surface area contributed by atoms with E-state index in [4.69, 9.17) is 4.42 Å². The van der Waals surface area contributed by atoms with Crippen LogP contribution in [0.25, 0.3) is 11.1 Å². The number of benzene rings is 1. The molecule has 1 aromatic carbocycles. The number of ether oxygens (including phenoxy) is 1. The Kier molecular flexibility index (Phi) is 3.52. The molecule has 1 N–H and O–H groups in total. The Morgan fingerprint density at radius 2 is 1.95 bits per heavy atom. The van der Waals surface area contributed by atoms with E-state index in [2.05, 4.69) is 4.74 Å². The van der Waals surface area contributed by atoms with Crippen LogP contribution in [0.4, 0.5) is 19.1 Å². The fourth-order valence-corrected chi connectivity index (χ4v) is 1.79. The van der Waals surface area contributed by atoms with Gasteiger partial charge in [0.05, 0.1) is 5.56 Å². The monoisotopic (exact) mass is 287 g/mol. The van der Waals surface area contributed by atoms with Crippen LogP contribution in [0.15, 0.2) is 34.9 Å². The molecule has 4 nitrogen and oxygen atoms in total. The second-order valence-corrected chi connectivity index (χ2v) is 4.27. The Morgan fingerprint density at radius 3 is 2.55 bits per heavy atom. The van der Waals surface area contributed by atoms with Crippen LogP contribution in [0, 0.1) is 0 Å². The number of hydrogen-bond donors (Lipinski definition) is 1. The van der Waals surface area contributed by atoms with Crippen LogP contribution in [0.2, 0.25) is 0 Å². The minimum atomic E-state index is -4.76. The van der Waals surface area contributed by atoms with E-state index in [-0.39, 0.29) is 11.5 Å². The van der Waals surface area contributed by atoms with Gasteiger partial charge in [0, 0.05) is 14.1 Å². The van der Waals surface area contributed by atoms with Gasteiger partial charge >= 0.3 is 6.36 Å². The van der Waals surface area contributed by atoms with E-state index in [1.54, 1.807) is 25.1 Å². The fraction of sp³-hybridized carbons (Fsp3) is 0.231. The molecule has 0 aliphatic carbocycles. The molecule has 0 fully saturated rings. The first-order valence-electron chi connectivity index (χ1n) is 5.62. The number of anilines is 1. The zero-order chi connectivity index (χ0) is 14.9. The molecule has 108 valence electrons. The number of halogens is 3. The summed E-state index contributed by atoms with van der Waals surface area (Å²) in [6.45, 7) is 0. The molecule has 0 unspecified atom stereocenters. The lowest BCUT2D eigenvalue weighted by atomic mass is 10.1. The topological polar surface area (TPSA) is 45.8 Å². The van der Waals surface area contributed by atoms with E-state index in [9.17, 15) is 18.3 Å². The number of hydrogen-bond acceptors (Lipinski definition) is 4. The first-order valence-corrected chi connectivity index (χ1v) is 5.62. The van der Waals surface area contributed by atoms with E-state index in [1.165, 1.54) is 18.2 Å². The molecule has 2 rings (SSSR count). The molecule has 1 heterocycles. The predicted molar refractivity (Wildman–Crippen MR) is 66.8 cm³/mol. The third-order valence-electron chi connectivity index (χ3n) is 2.51. The lowest BCUT2D eigenvalue weighted by Crippen LogP contribution is -2.17. The van der Waals surface area contributed by atoms with Crippen LogP contribution in [0.3, 0.4) is 0 Å². The Labute approximate surface area is 113 Å². The van der Waals surface area contributed by atoms with Gasteiger partial charge in [0.2, 0.25) is 5.88 Å². The smallest absolute Gasteiger partial charge is 0.504 e. The summed E-state index contributed by atoms with van der Waals surface area (Å²) in [5, 5.41) is 9.77. The summed E-state index contributed by atoms with van der Waals surface area (Å²) < 4.78 is 45.6. The van der Waals surface area contributed by atoms with Crippen molar-refractivity contribution in [2.45, 2.75) is 6.36 Å². The number of alkyl halides is 3. The maximum Gasteiger partial charge on any atom is 0.573 e. The normalized spacial score (nSPS) is 11.4. The van der Waals surface area contributed by atoms with Gasteiger partial charge in [0.25, 0.3) is 0 Å². The predicted octanol–water partition coefficient (Wildman–Crippen LogP) is 3.62. The highest BCUT2D eigenvalue weighted by Crippen LogP contribution is 2.40. The van der Waals surface area contributed by atoms with Crippen molar-refractivity contribution in [3.8, 4) is 22.6 Å². The molecule has 0 aliphatic rings. The summed E-state index contributed by atoms with van der Waals surface area (Å²) in [4.78, 5) is 1.60. The number of aromatic hydroxyl groups is 1. The summed E-state index contributed by atoms with van der Waals surface area (Å²) in [6, 6.07) is 5.33. The van der Waals surface area contributed by atoms with Crippen molar-refractivity contribution in [2.24, 2.45) is 0 Å². The van der Waals surface area contributed by atoms with E-state index >= 15 is 0 Å². The molecular formula is C13H12F3NO3. The number of rotatable bonds is 3. The average Bonchev–Trinajstić information content (AvgIpc) is 2.69. The van der Waals surface area contributed by atoms with Crippen molar-refractivity contribution >= 4 is 5.88 Å². The SMILES string of the molecule is CN(C)c1occ(O)c1-c1cccc(OC(F)(F)F)c1. The summed E-state index contributed by atoms with van der Waals surface area (Å²) in [5.74, 6) is -0.176. The second-order valence-electron chi connectivity index (χ2n) is 4.27. The lowest BCUT2D eigenvalue weighted by molar-refractivity contribution is -0.274. The number of nitrogens with zero attached hydrogens (tertiary/aromatic N) is 1. The third-order valence-corrected chi connectivity index (χ3v) is 2.51. The molecule has 0 aliphatic heterocycles. The van der Waals surface area contributed by atoms with Gasteiger partial charge in [-0.25, -0.2) is 0 Å². The van der Waals surface area contributed by atoms with Gasteiger partial charge in [-0.1, -0.05) is 12.1 Å². The molecule has 1 aromatic heterocycles. The van der Waals surface area contributed by atoms with Crippen molar-refractivity contribution in [3.63, 3.8) is 0 Å². The van der Waals surface area contributed by atoms with Crippen LogP contribution in [0.5, 0.6) is 11.5 Å². The van der Waals surface area contributed by atoms with Gasteiger partial charge in [-0.3, -0.25) is 0 Å². The quantitative estimate of drug-likeness (QED) is 0.936. The summed E-state index contributed by atoms with van der Waals surface area (Å²) >= 11 is 0. The highest BCUT2D eigenvalue weighted by Gasteiger charge is 2.31. The summed E-state index contributed by atoms with van der Waals surface area (Å²) in [6.07, 6.45) is -3.64. The van der Waals surface area contributed by atoms with Crippen molar-refractivity contribution in [3.05, 3.63) is 30.5 Å². The summed E-state index contributed by atoms with van der Waals surface area (Å²) in [7, 11) is 3.38. The maximum atomic E-state index is 12.2. The molecule has 0 amide bonds. The van der Waals surface area contributed by atoms with E-state index in [1.807, 2.05) is 0 Å². The highest BCUT2D eigenvalue weighted by atomic mass is 19.4. The van der Waals surface area contributed by atoms with Crippen molar-refractivity contribution < 1.29 is 27.4 Å². The van der Waals surface area contributed by atoms with E-state index < -0.39 is 6.36 Å². The average molecular weight is 287 g/mol. The van der Waals surface area contributed by atoms with E-state index in [0.717, 1.165) is 6.26 Å². The van der Waals surface area contributed by atoms with Crippen molar-refractivity contribution in [1.82, 2.24) is 0 Å². The van der Waals surface area contributed by atoms with Crippen LogP contribution in [0.1, 0.15) is 0 Å². The van der Waals surface area contributed by atoms with Crippen LogP contribution in [-0.2, 0) is 0 Å². The molecule has 0 saturated carbocycles. The van der Waals surface area contributed by atoms with Crippen LogP contribution >= 0.6 is 0 Å². The first-order chi connectivity index (χ1) is 9.28. The summed E-state index contributed by atoms with van der Waals surface area (Å²) in [5.41, 5.74) is 0.671. The lowest BCUT2D eigenvalue weighted by Gasteiger charge is -2.13. The van der Waals surface area contributed by atoms with Crippen molar-refractivity contribution in [2.75, 3.05) is 19.0 Å².